The van der Waals surface area contributed by atoms with Gasteiger partial charge in [0.15, 0.2) is 11.5 Å². The van der Waals surface area contributed by atoms with E-state index >= 15 is 0 Å². The Morgan fingerprint density at radius 1 is 1.00 bits per heavy atom. The standard InChI is InChI=1S/C25H27FN2O3/c1-18(25(29)27-22-12-8-7-11-21(22)26)28(2)16-20-13-14-23(24(15-20)30-3)31-17-19-9-5-4-6-10-19/h4-15,18H,16-17H2,1-3H3,(H,27,29)/t18-/m1/s1. The van der Waals surface area contributed by atoms with Gasteiger partial charge < -0.3 is 14.8 Å². The van der Waals surface area contributed by atoms with E-state index in [1.54, 1.807) is 32.2 Å². The number of anilines is 1. The van der Waals surface area contributed by atoms with Crippen molar-refractivity contribution in [1.82, 2.24) is 4.90 Å². The number of hydrogen-bond donors (Lipinski definition) is 1. The molecule has 0 bridgehead atoms. The van der Waals surface area contributed by atoms with E-state index in [-0.39, 0.29) is 11.6 Å². The molecule has 1 atom stereocenters. The van der Waals surface area contributed by atoms with E-state index in [0.29, 0.717) is 24.7 Å². The molecule has 0 aliphatic heterocycles. The summed E-state index contributed by atoms with van der Waals surface area (Å²) < 4.78 is 25.2. The van der Waals surface area contributed by atoms with Crippen LogP contribution in [0, 0.1) is 5.82 Å². The van der Waals surface area contributed by atoms with Gasteiger partial charge in [0, 0.05) is 6.54 Å². The molecule has 0 unspecified atom stereocenters. The molecule has 1 N–H and O–H groups in total. The lowest BCUT2D eigenvalue weighted by Gasteiger charge is -2.24. The Labute approximate surface area is 182 Å². The lowest BCUT2D eigenvalue weighted by molar-refractivity contribution is -0.120. The lowest BCUT2D eigenvalue weighted by atomic mass is 10.1. The number of benzene rings is 3. The molecule has 3 aromatic carbocycles. The molecule has 0 spiro atoms. The number of halogens is 1. The summed E-state index contributed by atoms with van der Waals surface area (Å²) in [4.78, 5) is 14.4. The van der Waals surface area contributed by atoms with Crippen LogP contribution in [-0.4, -0.2) is 31.0 Å². The number of nitrogens with zero attached hydrogens (tertiary/aromatic N) is 1. The molecule has 0 fully saturated rings. The maximum atomic E-state index is 13.8. The Hall–Kier alpha value is -3.38. The van der Waals surface area contributed by atoms with Crippen molar-refractivity contribution in [2.45, 2.75) is 26.1 Å². The second kappa shape index (κ2) is 10.6. The summed E-state index contributed by atoms with van der Waals surface area (Å²) in [6, 6.07) is 21.3. The number of hydrogen-bond acceptors (Lipinski definition) is 4. The van der Waals surface area contributed by atoms with Crippen LogP contribution in [-0.2, 0) is 17.9 Å². The third-order valence-electron chi connectivity index (χ3n) is 5.07. The number of carbonyl (C=O) groups excluding carboxylic acids is 1. The molecule has 6 heteroatoms. The molecule has 31 heavy (non-hydrogen) atoms. The molecular formula is C25H27FN2O3. The molecule has 0 saturated carbocycles. The van der Waals surface area contributed by atoms with Crippen molar-refractivity contribution in [3.8, 4) is 11.5 Å². The van der Waals surface area contributed by atoms with Gasteiger partial charge in [0.2, 0.25) is 5.91 Å². The van der Waals surface area contributed by atoms with Gasteiger partial charge in [0.1, 0.15) is 12.4 Å². The Bertz CT molecular complexity index is 1010. The van der Waals surface area contributed by atoms with E-state index in [2.05, 4.69) is 5.32 Å². The van der Waals surface area contributed by atoms with Crippen LogP contribution in [0.4, 0.5) is 10.1 Å². The van der Waals surface area contributed by atoms with Crippen molar-refractivity contribution >= 4 is 11.6 Å². The van der Waals surface area contributed by atoms with Gasteiger partial charge in [-0.05, 0) is 49.4 Å². The third-order valence-corrected chi connectivity index (χ3v) is 5.07. The Morgan fingerprint density at radius 2 is 1.71 bits per heavy atom. The summed E-state index contributed by atoms with van der Waals surface area (Å²) >= 11 is 0. The Kier molecular flexibility index (Phi) is 7.62. The smallest absolute Gasteiger partial charge is 0.241 e. The molecule has 0 radical (unpaired) electrons. The van der Waals surface area contributed by atoms with Crippen molar-refractivity contribution in [2.75, 3.05) is 19.5 Å². The first-order valence-corrected chi connectivity index (χ1v) is 10.1. The second-order valence-electron chi connectivity index (χ2n) is 7.32. The van der Waals surface area contributed by atoms with Crippen LogP contribution in [0.15, 0.2) is 72.8 Å². The lowest BCUT2D eigenvalue weighted by Crippen LogP contribution is -2.39. The highest BCUT2D eigenvalue weighted by atomic mass is 19.1. The van der Waals surface area contributed by atoms with Crippen LogP contribution in [0.3, 0.4) is 0 Å². The fraction of sp³-hybridized carbons (Fsp3) is 0.240. The van der Waals surface area contributed by atoms with Gasteiger partial charge in [-0.15, -0.1) is 0 Å². The first-order valence-electron chi connectivity index (χ1n) is 10.1. The SMILES string of the molecule is COc1cc(CN(C)[C@H](C)C(=O)Nc2ccccc2F)ccc1OCc1ccccc1. The summed E-state index contributed by atoms with van der Waals surface area (Å²) in [6.07, 6.45) is 0. The zero-order valence-corrected chi connectivity index (χ0v) is 18.0. The van der Waals surface area contributed by atoms with Crippen LogP contribution >= 0.6 is 0 Å². The van der Waals surface area contributed by atoms with Crippen molar-refractivity contribution in [2.24, 2.45) is 0 Å². The fourth-order valence-corrected chi connectivity index (χ4v) is 3.09. The van der Waals surface area contributed by atoms with Gasteiger partial charge in [0.25, 0.3) is 0 Å². The van der Waals surface area contributed by atoms with Gasteiger partial charge in [-0.2, -0.15) is 0 Å². The van der Waals surface area contributed by atoms with E-state index in [4.69, 9.17) is 9.47 Å². The summed E-state index contributed by atoms with van der Waals surface area (Å²) in [5.41, 5.74) is 2.22. The van der Waals surface area contributed by atoms with Crippen molar-refractivity contribution in [3.05, 3.63) is 89.7 Å². The molecule has 1 amide bonds. The average molecular weight is 423 g/mol. The van der Waals surface area contributed by atoms with Crippen LogP contribution in [0.2, 0.25) is 0 Å². The molecule has 0 aliphatic rings. The minimum absolute atomic E-state index is 0.175. The molecule has 0 aromatic heterocycles. The number of para-hydroxylation sites is 1. The molecule has 5 nitrogen and oxygen atoms in total. The highest BCUT2D eigenvalue weighted by Gasteiger charge is 2.20. The minimum Gasteiger partial charge on any atom is -0.493 e. The van der Waals surface area contributed by atoms with Crippen LogP contribution in [0.25, 0.3) is 0 Å². The zero-order chi connectivity index (χ0) is 22.2. The van der Waals surface area contributed by atoms with Crippen LogP contribution in [0.5, 0.6) is 11.5 Å². The fourth-order valence-electron chi connectivity index (χ4n) is 3.09. The largest absolute Gasteiger partial charge is 0.493 e. The van der Waals surface area contributed by atoms with Crippen molar-refractivity contribution in [1.29, 1.82) is 0 Å². The molecule has 0 heterocycles. The molecule has 3 rings (SSSR count). The number of carbonyl (C=O) groups is 1. The van der Waals surface area contributed by atoms with Gasteiger partial charge in [-0.1, -0.05) is 48.5 Å². The van der Waals surface area contributed by atoms with E-state index < -0.39 is 11.9 Å². The third kappa shape index (κ3) is 6.06. The highest BCUT2D eigenvalue weighted by molar-refractivity contribution is 5.94. The number of methoxy groups -OCH3 is 1. The molecular weight excluding hydrogens is 395 g/mol. The highest BCUT2D eigenvalue weighted by Crippen LogP contribution is 2.29. The Morgan fingerprint density at radius 3 is 2.42 bits per heavy atom. The molecule has 0 saturated heterocycles. The van der Waals surface area contributed by atoms with Crippen molar-refractivity contribution < 1.29 is 18.7 Å². The van der Waals surface area contributed by atoms with Gasteiger partial charge in [0.05, 0.1) is 18.8 Å². The number of nitrogens with one attached hydrogen (secondary N) is 1. The van der Waals surface area contributed by atoms with Crippen LogP contribution < -0.4 is 14.8 Å². The monoisotopic (exact) mass is 422 g/mol. The normalized spacial score (nSPS) is 11.8. The molecule has 3 aromatic rings. The second-order valence-corrected chi connectivity index (χ2v) is 7.32. The maximum absolute atomic E-state index is 13.8. The summed E-state index contributed by atoms with van der Waals surface area (Å²) in [5.74, 6) is 0.553. The first-order chi connectivity index (χ1) is 15.0. The van der Waals surface area contributed by atoms with Crippen molar-refractivity contribution in [3.63, 3.8) is 0 Å². The van der Waals surface area contributed by atoms with Gasteiger partial charge in [-0.3, -0.25) is 9.69 Å². The minimum atomic E-state index is -0.459. The predicted molar refractivity (Wildman–Crippen MR) is 120 cm³/mol. The quantitative estimate of drug-likeness (QED) is 0.534. The van der Waals surface area contributed by atoms with Crippen LogP contribution in [0.1, 0.15) is 18.1 Å². The van der Waals surface area contributed by atoms with E-state index in [1.165, 1.54) is 6.07 Å². The number of likely N-dealkylation sites (N-methyl/N-ethyl adjacent to an activating group) is 1. The van der Waals surface area contributed by atoms with E-state index in [9.17, 15) is 9.18 Å². The van der Waals surface area contributed by atoms with E-state index in [1.807, 2.05) is 60.5 Å². The number of ether oxygens (including phenoxy) is 2. The first kappa shape index (κ1) is 22.3. The van der Waals surface area contributed by atoms with E-state index in [0.717, 1.165) is 11.1 Å². The maximum Gasteiger partial charge on any atom is 0.241 e. The summed E-state index contributed by atoms with van der Waals surface area (Å²) in [5, 5.41) is 2.64. The summed E-state index contributed by atoms with van der Waals surface area (Å²) in [7, 11) is 3.45. The number of rotatable bonds is 9. The number of amides is 1. The Balaban J connectivity index is 1.61. The zero-order valence-electron chi connectivity index (χ0n) is 18.0. The predicted octanol–water partition coefficient (Wildman–Crippen LogP) is 4.87. The average Bonchev–Trinajstić information content (AvgIpc) is 2.79. The molecule has 162 valence electrons. The topological polar surface area (TPSA) is 50.8 Å². The molecule has 0 aliphatic carbocycles. The van der Waals surface area contributed by atoms with Gasteiger partial charge in [-0.25, -0.2) is 4.39 Å². The summed E-state index contributed by atoms with van der Waals surface area (Å²) in [6.45, 7) is 2.75. The van der Waals surface area contributed by atoms with Gasteiger partial charge >= 0.3 is 0 Å².